The molecule has 10 heteroatoms. The Balaban J connectivity index is 1.51. The number of carbonyl (C=O) groups excluding carboxylic acids is 1. The zero-order valence-electron chi connectivity index (χ0n) is 14.4. The van der Waals surface area contributed by atoms with Crippen LogP contribution >= 0.6 is 11.8 Å². The van der Waals surface area contributed by atoms with E-state index < -0.39 is 0 Å². The van der Waals surface area contributed by atoms with Crippen LogP contribution in [0, 0.1) is 0 Å². The summed E-state index contributed by atoms with van der Waals surface area (Å²) in [5, 5.41) is 12.0. The minimum Gasteiger partial charge on any atom is -0.369 e. The quantitative estimate of drug-likeness (QED) is 0.428. The fourth-order valence-electron chi connectivity index (χ4n) is 2.28. The van der Waals surface area contributed by atoms with Crippen LogP contribution in [-0.4, -0.2) is 54.5 Å². The van der Waals surface area contributed by atoms with Gasteiger partial charge in [-0.3, -0.25) is 4.79 Å². The minimum absolute atomic E-state index is 0.0705. The molecule has 136 valence electrons. The van der Waals surface area contributed by atoms with E-state index in [4.69, 9.17) is 0 Å². The molecular formula is C16H20N8OS. The number of thioether (sulfide) groups is 1. The molecule has 1 amide bonds. The summed E-state index contributed by atoms with van der Waals surface area (Å²) < 4.78 is 1.77. The number of hydrogen-bond acceptors (Lipinski definition) is 8. The van der Waals surface area contributed by atoms with Crippen molar-refractivity contribution >= 4 is 34.5 Å². The molecular weight excluding hydrogens is 352 g/mol. The van der Waals surface area contributed by atoms with Gasteiger partial charge in [-0.1, -0.05) is 18.7 Å². The van der Waals surface area contributed by atoms with Crippen LogP contribution in [0.15, 0.2) is 36.1 Å². The van der Waals surface area contributed by atoms with Crippen molar-refractivity contribution in [2.45, 2.75) is 25.0 Å². The number of fused-ring (bicyclic) bond motifs is 1. The summed E-state index contributed by atoms with van der Waals surface area (Å²) in [5.74, 6) is 0.988. The Morgan fingerprint density at radius 1 is 1.19 bits per heavy atom. The average Bonchev–Trinajstić information content (AvgIpc) is 3.09. The molecule has 0 aliphatic carbocycles. The smallest absolute Gasteiger partial charge is 0.230 e. The molecule has 0 aliphatic rings. The molecule has 0 atom stereocenters. The molecule has 3 aromatic rings. The van der Waals surface area contributed by atoms with Crippen LogP contribution in [0.3, 0.4) is 0 Å². The maximum Gasteiger partial charge on any atom is 0.230 e. The Labute approximate surface area is 155 Å². The normalized spacial score (nSPS) is 10.8. The van der Waals surface area contributed by atoms with Crippen molar-refractivity contribution < 1.29 is 4.79 Å². The SMILES string of the molecule is CCCNc1ncnc2c1cnn2CCNC(=O)CSc1ncccn1. The molecule has 2 N–H and O–H groups in total. The highest BCUT2D eigenvalue weighted by Gasteiger charge is 2.10. The van der Waals surface area contributed by atoms with Gasteiger partial charge in [0.25, 0.3) is 0 Å². The Morgan fingerprint density at radius 3 is 2.85 bits per heavy atom. The number of anilines is 1. The van der Waals surface area contributed by atoms with Crippen molar-refractivity contribution in [1.29, 1.82) is 0 Å². The molecule has 0 bridgehead atoms. The second-order valence-corrected chi connectivity index (χ2v) is 6.37. The molecule has 3 rings (SSSR count). The lowest BCUT2D eigenvalue weighted by Crippen LogP contribution is -2.29. The molecule has 0 saturated carbocycles. The molecule has 26 heavy (non-hydrogen) atoms. The van der Waals surface area contributed by atoms with Gasteiger partial charge in [0.05, 0.1) is 23.9 Å². The number of amides is 1. The van der Waals surface area contributed by atoms with Gasteiger partial charge in [0.2, 0.25) is 5.91 Å². The van der Waals surface area contributed by atoms with E-state index in [0.29, 0.717) is 18.2 Å². The van der Waals surface area contributed by atoms with Crippen LogP contribution in [0.2, 0.25) is 0 Å². The van der Waals surface area contributed by atoms with Crippen LogP contribution in [0.1, 0.15) is 13.3 Å². The molecule has 3 aromatic heterocycles. The van der Waals surface area contributed by atoms with E-state index in [9.17, 15) is 4.79 Å². The van der Waals surface area contributed by atoms with Gasteiger partial charge in [-0.25, -0.2) is 24.6 Å². The highest BCUT2D eigenvalue weighted by molar-refractivity contribution is 7.99. The first-order valence-electron chi connectivity index (χ1n) is 8.35. The van der Waals surface area contributed by atoms with Gasteiger partial charge >= 0.3 is 0 Å². The molecule has 0 aliphatic heterocycles. The molecule has 0 spiro atoms. The van der Waals surface area contributed by atoms with Gasteiger partial charge in [-0.05, 0) is 12.5 Å². The number of nitrogens with zero attached hydrogens (tertiary/aromatic N) is 6. The summed E-state index contributed by atoms with van der Waals surface area (Å²) in [6, 6.07) is 1.74. The zero-order chi connectivity index (χ0) is 18.2. The molecule has 3 heterocycles. The topological polar surface area (TPSA) is 111 Å². The lowest BCUT2D eigenvalue weighted by atomic mass is 10.3. The number of aromatic nitrogens is 6. The maximum atomic E-state index is 11.9. The molecule has 0 aromatic carbocycles. The fourth-order valence-corrected chi connectivity index (χ4v) is 2.92. The Bertz CT molecular complexity index is 854. The van der Waals surface area contributed by atoms with Gasteiger partial charge in [0.1, 0.15) is 12.1 Å². The average molecular weight is 372 g/mol. The highest BCUT2D eigenvalue weighted by atomic mass is 32.2. The van der Waals surface area contributed by atoms with E-state index in [-0.39, 0.29) is 11.7 Å². The lowest BCUT2D eigenvalue weighted by Gasteiger charge is -2.07. The van der Waals surface area contributed by atoms with Gasteiger partial charge in [-0.2, -0.15) is 5.10 Å². The second-order valence-electron chi connectivity index (χ2n) is 5.42. The van der Waals surface area contributed by atoms with Gasteiger partial charge < -0.3 is 10.6 Å². The van der Waals surface area contributed by atoms with Crippen molar-refractivity contribution in [2.75, 3.05) is 24.2 Å². The lowest BCUT2D eigenvalue weighted by molar-refractivity contribution is -0.118. The first kappa shape index (κ1) is 18.1. The van der Waals surface area contributed by atoms with Crippen molar-refractivity contribution in [3.8, 4) is 0 Å². The summed E-state index contributed by atoms with van der Waals surface area (Å²) in [6.07, 6.45) is 7.59. The largest absolute Gasteiger partial charge is 0.369 e. The molecule has 0 fully saturated rings. The first-order chi connectivity index (χ1) is 12.8. The van der Waals surface area contributed by atoms with Crippen molar-refractivity contribution in [2.24, 2.45) is 0 Å². The van der Waals surface area contributed by atoms with Gasteiger partial charge in [0.15, 0.2) is 10.8 Å². The van der Waals surface area contributed by atoms with Crippen LogP contribution in [-0.2, 0) is 11.3 Å². The number of nitrogens with one attached hydrogen (secondary N) is 2. The van der Waals surface area contributed by atoms with Crippen LogP contribution in [0.5, 0.6) is 0 Å². The Morgan fingerprint density at radius 2 is 2.04 bits per heavy atom. The second kappa shape index (κ2) is 9.09. The minimum atomic E-state index is -0.0705. The van der Waals surface area contributed by atoms with E-state index in [2.05, 4.69) is 42.6 Å². The highest BCUT2D eigenvalue weighted by Crippen LogP contribution is 2.18. The van der Waals surface area contributed by atoms with Gasteiger partial charge in [-0.15, -0.1) is 0 Å². The van der Waals surface area contributed by atoms with E-state index >= 15 is 0 Å². The summed E-state index contributed by atoms with van der Waals surface area (Å²) >= 11 is 1.30. The van der Waals surface area contributed by atoms with E-state index in [0.717, 1.165) is 29.8 Å². The third-order valence-corrected chi connectivity index (χ3v) is 4.37. The van der Waals surface area contributed by atoms with Crippen LogP contribution in [0.25, 0.3) is 11.0 Å². The molecule has 0 radical (unpaired) electrons. The summed E-state index contributed by atoms with van der Waals surface area (Å²) in [4.78, 5) is 28.6. The van der Waals surface area contributed by atoms with E-state index in [1.165, 1.54) is 18.1 Å². The Hall–Kier alpha value is -2.75. The third-order valence-electron chi connectivity index (χ3n) is 3.50. The molecule has 0 unspecified atom stereocenters. The Kier molecular flexibility index (Phi) is 6.31. The first-order valence-corrected chi connectivity index (χ1v) is 9.33. The van der Waals surface area contributed by atoms with Crippen molar-refractivity contribution in [3.05, 3.63) is 31.0 Å². The van der Waals surface area contributed by atoms with Crippen molar-refractivity contribution in [1.82, 2.24) is 35.0 Å². The van der Waals surface area contributed by atoms with Crippen LogP contribution in [0.4, 0.5) is 5.82 Å². The predicted octanol–water partition coefficient (Wildman–Crippen LogP) is 1.35. The van der Waals surface area contributed by atoms with Crippen LogP contribution < -0.4 is 10.6 Å². The van der Waals surface area contributed by atoms with Gasteiger partial charge in [0, 0.05) is 25.5 Å². The summed E-state index contributed by atoms with van der Waals surface area (Å²) in [7, 11) is 0. The number of hydrogen-bond donors (Lipinski definition) is 2. The fraction of sp³-hybridized carbons (Fsp3) is 0.375. The zero-order valence-corrected chi connectivity index (χ0v) is 15.2. The maximum absolute atomic E-state index is 11.9. The van der Waals surface area contributed by atoms with E-state index in [1.807, 2.05) is 0 Å². The number of carbonyl (C=O) groups is 1. The number of rotatable bonds is 9. The molecule has 9 nitrogen and oxygen atoms in total. The monoisotopic (exact) mass is 372 g/mol. The third kappa shape index (κ3) is 4.66. The summed E-state index contributed by atoms with van der Waals surface area (Å²) in [6.45, 7) is 3.94. The summed E-state index contributed by atoms with van der Waals surface area (Å²) in [5.41, 5.74) is 0.750. The van der Waals surface area contributed by atoms with Crippen molar-refractivity contribution in [3.63, 3.8) is 0 Å². The predicted molar refractivity (Wildman–Crippen MR) is 99.9 cm³/mol. The van der Waals surface area contributed by atoms with E-state index in [1.54, 1.807) is 29.3 Å². The molecule has 0 saturated heterocycles. The standard InChI is InChI=1S/C16H20N8OS/c1-2-4-18-14-12-9-23-24(15(12)22-11-21-14)8-7-17-13(25)10-26-16-19-5-3-6-20-16/h3,5-6,9,11H,2,4,7-8,10H2,1H3,(H,17,25)(H,18,21,22).